The molecule has 4 N–H and O–H groups in total. The van der Waals surface area contributed by atoms with Crippen molar-refractivity contribution >= 4 is 34.3 Å². The number of piperidine rings is 1. The van der Waals surface area contributed by atoms with Crippen LogP contribution in [0.15, 0.2) is 46.1 Å². The van der Waals surface area contributed by atoms with E-state index in [9.17, 15) is 33.3 Å². The van der Waals surface area contributed by atoms with Crippen LogP contribution in [-0.2, 0) is 6.18 Å². The molecule has 1 aliphatic heterocycles. The van der Waals surface area contributed by atoms with Gasteiger partial charge < -0.3 is 25.2 Å². The molecule has 1 fully saturated rings. The van der Waals surface area contributed by atoms with Crippen molar-refractivity contribution in [3.8, 4) is 16.9 Å². The lowest BCUT2D eigenvalue weighted by Crippen LogP contribution is -2.38. The molecule has 0 aliphatic carbocycles. The van der Waals surface area contributed by atoms with E-state index in [1.165, 1.54) is 24.3 Å². The predicted octanol–water partition coefficient (Wildman–Crippen LogP) is 5.12. The maximum absolute atomic E-state index is 13.5. The molecule has 0 saturated carbocycles. The number of alkyl halides is 3. The van der Waals surface area contributed by atoms with Gasteiger partial charge in [0.1, 0.15) is 5.75 Å². The Bertz CT molecular complexity index is 1320. The van der Waals surface area contributed by atoms with Crippen LogP contribution in [0.25, 0.3) is 22.0 Å². The zero-order valence-corrected chi connectivity index (χ0v) is 21.5. The monoisotopic (exact) mass is 556 g/mol. The highest BCUT2D eigenvalue weighted by atomic mass is 35.5. The fraction of sp³-hybridized carbons (Fsp3) is 0.423. The smallest absolute Gasteiger partial charge is 0.416 e. The lowest BCUT2D eigenvalue weighted by molar-refractivity contribution is -0.137. The SMILES string of the molecule is O=c1[nH]c2ccc(C(F)(F)F)cc2c(-c2cc(Cl)ccc2O)c1SCC(O)CCN1CCCC(CO)C1. The number of fused-ring (bicyclic) bond motifs is 1. The van der Waals surface area contributed by atoms with Crippen LogP contribution in [0.4, 0.5) is 13.2 Å². The topological polar surface area (TPSA) is 96.8 Å². The van der Waals surface area contributed by atoms with Gasteiger partial charge in [0, 0.05) is 52.5 Å². The van der Waals surface area contributed by atoms with Gasteiger partial charge in [-0.05, 0) is 68.1 Å². The van der Waals surface area contributed by atoms with Crippen LogP contribution in [0.1, 0.15) is 24.8 Å². The molecule has 2 aromatic carbocycles. The van der Waals surface area contributed by atoms with Crippen molar-refractivity contribution < 1.29 is 28.5 Å². The molecule has 0 bridgehead atoms. The summed E-state index contributed by atoms with van der Waals surface area (Å²) in [6, 6.07) is 7.18. The van der Waals surface area contributed by atoms with Crippen LogP contribution in [-0.4, -0.2) is 63.3 Å². The van der Waals surface area contributed by atoms with Crippen molar-refractivity contribution in [3.63, 3.8) is 0 Å². The lowest BCUT2D eigenvalue weighted by atomic mass is 9.98. The second-order valence-corrected chi connectivity index (χ2v) is 10.8. The number of hydrogen-bond donors (Lipinski definition) is 4. The minimum atomic E-state index is -4.61. The molecule has 1 aromatic heterocycles. The number of rotatable bonds is 8. The Labute approximate surface area is 221 Å². The zero-order chi connectivity index (χ0) is 26.7. The average molecular weight is 557 g/mol. The number of aromatic hydroxyl groups is 1. The van der Waals surface area contributed by atoms with Crippen molar-refractivity contribution in [2.45, 2.75) is 36.4 Å². The number of nitrogens with one attached hydrogen (secondary N) is 1. The first-order valence-electron chi connectivity index (χ1n) is 12.0. The molecule has 0 amide bonds. The number of pyridine rings is 1. The van der Waals surface area contributed by atoms with Crippen LogP contribution >= 0.6 is 23.4 Å². The van der Waals surface area contributed by atoms with Gasteiger partial charge in [0.2, 0.25) is 0 Å². The van der Waals surface area contributed by atoms with E-state index in [4.69, 9.17) is 11.6 Å². The molecular weight excluding hydrogens is 529 g/mol. The van der Waals surface area contributed by atoms with Gasteiger partial charge >= 0.3 is 6.18 Å². The van der Waals surface area contributed by atoms with Crippen molar-refractivity contribution in [1.82, 2.24) is 9.88 Å². The van der Waals surface area contributed by atoms with E-state index in [1.54, 1.807) is 0 Å². The van der Waals surface area contributed by atoms with E-state index in [0.717, 1.165) is 49.8 Å². The Morgan fingerprint density at radius 2 is 2.00 bits per heavy atom. The molecule has 4 rings (SSSR count). The van der Waals surface area contributed by atoms with E-state index in [0.29, 0.717) is 13.0 Å². The van der Waals surface area contributed by atoms with E-state index in [2.05, 4.69) is 9.88 Å². The van der Waals surface area contributed by atoms with E-state index >= 15 is 0 Å². The van der Waals surface area contributed by atoms with Gasteiger partial charge in [0.25, 0.3) is 5.56 Å². The average Bonchev–Trinajstić information content (AvgIpc) is 2.86. The Kier molecular flexibility index (Phi) is 8.75. The van der Waals surface area contributed by atoms with Crippen LogP contribution in [0.3, 0.4) is 0 Å². The third-order valence-electron chi connectivity index (χ3n) is 6.59. The minimum absolute atomic E-state index is 0.0850. The second-order valence-electron chi connectivity index (χ2n) is 9.32. The van der Waals surface area contributed by atoms with Gasteiger partial charge in [-0.1, -0.05) is 11.6 Å². The molecule has 0 radical (unpaired) electrons. The van der Waals surface area contributed by atoms with Crippen LogP contribution in [0.2, 0.25) is 5.02 Å². The second kappa shape index (κ2) is 11.7. The van der Waals surface area contributed by atoms with Crippen molar-refractivity contribution in [1.29, 1.82) is 0 Å². The molecular formula is C26H28ClF3N2O4S. The zero-order valence-electron chi connectivity index (χ0n) is 19.9. The number of thioether (sulfide) groups is 1. The maximum Gasteiger partial charge on any atom is 0.416 e. The number of hydrogen-bond acceptors (Lipinski definition) is 6. The van der Waals surface area contributed by atoms with E-state index in [-0.39, 0.29) is 56.0 Å². The molecule has 6 nitrogen and oxygen atoms in total. The van der Waals surface area contributed by atoms with Gasteiger partial charge in [-0.15, -0.1) is 11.8 Å². The molecule has 37 heavy (non-hydrogen) atoms. The third kappa shape index (κ3) is 6.61. The van der Waals surface area contributed by atoms with Crippen molar-refractivity contribution in [3.05, 3.63) is 57.3 Å². The summed E-state index contributed by atoms with van der Waals surface area (Å²) in [7, 11) is 0. The standard InChI is InChI=1S/C26H28ClF3N2O4S/c27-17-4-6-22(35)20(11-17)23-19-10-16(26(28,29)30)3-5-21(19)31-25(36)24(23)37-14-18(34)7-9-32-8-1-2-15(12-32)13-33/h3-6,10-11,15,18,33-35H,1-2,7-9,12-14H2,(H,31,36). The first-order valence-corrected chi connectivity index (χ1v) is 13.3. The molecule has 3 aromatic rings. The van der Waals surface area contributed by atoms with Crippen molar-refractivity contribution in [2.24, 2.45) is 5.92 Å². The highest BCUT2D eigenvalue weighted by molar-refractivity contribution is 7.99. The molecule has 11 heteroatoms. The molecule has 1 aliphatic rings. The highest BCUT2D eigenvalue weighted by Crippen LogP contribution is 2.42. The molecule has 0 spiro atoms. The quantitative estimate of drug-likeness (QED) is 0.288. The number of aromatic amines is 1. The molecule has 2 heterocycles. The fourth-order valence-corrected chi connectivity index (χ4v) is 5.91. The maximum atomic E-state index is 13.5. The Balaban J connectivity index is 1.66. The minimum Gasteiger partial charge on any atom is -0.507 e. The highest BCUT2D eigenvalue weighted by Gasteiger charge is 2.31. The summed E-state index contributed by atoms with van der Waals surface area (Å²) < 4.78 is 40.5. The Morgan fingerprint density at radius 3 is 2.73 bits per heavy atom. The summed E-state index contributed by atoms with van der Waals surface area (Å²) in [5.74, 6) is 0.115. The number of H-pyrrole nitrogens is 1. The van der Waals surface area contributed by atoms with Crippen LogP contribution < -0.4 is 5.56 Å². The molecule has 200 valence electrons. The Hall–Kier alpha value is -2.24. The van der Waals surface area contributed by atoms with Gasteiger partial charge in [-0.3, -0.25) is 4.79 Å². The van der Waals surface area contributed by atoms with Crippen LogP contribution in [0.5, 0.6) is 5.75 Å². The van der Waals surface area contributed by atoms with Crippen molar-refractivity contribution in [2.75, 3.05) is 32.0 Å². The largest absolute Gasteiger partial charge is 0.507 e. The van der Waals surface area contributed by atoms with Gasteiger partial charge in [0.15, 0.2) is 0 Å². The third-order valence-corrected chi connectivity index (χ3v) is 8.05. The summed E-state index contributed by atoms with van der Waals surface area (Å²) in [6.45, 7) is 2.42. The Morgan fingerprint density at radius 1 is 1.22 bits per heavy atom. The molecule has 2 atom stereocenters. The number of likely N-dealkylation sites (tertiary alicyclic amines) is 1. The number of aliphatic hydroxyl groups excluding tert-OH is 2. The van der Waals surface area contributed by atoms with E-state index < -0.39 is 23.4 Å². The van der Waals surface area contributed by atoms with Gasteiger partial charge in [0.05, 0.1) is 16.6 Å². The number of nitrogens with zero attached hydrogens (tertiary/aromatic N) is 1. The first-order chi connectivity index (χ1) is 17.6. The number of aromatic nitrogens is 1. The van der Waals surface area contributed by atoms with E-state index in [1.807, 2.05) is 0 Å². The summed E-state index contributed by atoms with van der Waals surface area (Å²) in [5.41, 5.74) is -0.998. The van der Waals surface area contributed by atoms with Crippen LogP contribution in [0, 0.1) is 5.92 Å². The van der Waals surface area contributed by atoms with Gasteiger partial charge in [-0.25, -0.2) is 0 Å². The molecule has 2 unspecified atom stereocenters. The molecule has 1 saturated heterocycles. The number of benzene rings is 2. The summed E-state index contributed by atoms with van der Waals surface area (Å²) in [4.78, 5) is 18.0. The first kappa shape index (κ1) is 27.8. The number of halogens is 4. The number of phenolic OH excluding ortho intramolecular Hbond substituents is 1. The summed E-state index contributed by atoms with van der Waals surface area (Å²) >= 11 is 7.16. The normalized spacial score (nSPS) is 17.8. The number of aliphatic hydroxyl groups is 2. The lowest BCUT2D eigenvalue weighted by Gasteiger charge is -2.32. The van der Waals surface area contributed by atoms with Gasteiger partial charge in [-0.2, -0.15) is 13.2 Å². The summed E-state index contributed by atoms with van der Waals surface area (Å²) in [6.07, 6.45) is -2.99. The fourth-order valence-electron chi connectivity index (χ4n) is 4.66. The summed E-state index contributed by atoms with van der Waals surface area (Å²) in [5, 5.41) is 31.0. The number of phenols is 1. The predicted molar refractivity (Wildman–Crippen MR) is 139 cm³/mol.